The van der Waals surface area contributed by atoms with Crippen molar-refractivity contribution in [2.24, 2.45) is 5.28 Å². The zero-order chi connectivity index (χ0) is 39.2. The lowest BCUT2D eigenvalue weighted by Gasteiger charge is -2.19. The van der Waals surface area contributed by atoms with Crippen molar-refractivity contribution in [3.63, 3.8) is 0 Å². The third-order valence-corrected chi connectivity index (χ3v) is 9.64. The third-order valence-electron chi connectivity index (χ3n) is 8.32. The first-order valence-electron chi connectivity index (χ1n) is 16.6. The van der Waals surface area contributed by atoms with Gasteiger partial charge in [0.15, 0.2) is 5.69 Å². The minimum Gasteiger partial charge on any atom is -0.569 e. The number of hydrazine groups is 1. The number of aryl methyl sites for hydroxylation is 1. The second kappa shape index (κ2) is 16.4. The molecular formula is C35H36F3N7O8S. The van der Waals surface area contributed by atoms with Gasteiger partial charge in [0, 0.05) is 5.56 Å². The van der Waals surface area contributed by atoms with E-state index in [9.17, 15) is 41.2 Å². The van der Waals surface area contributed by atoms with Gasteiger partial charge in [-0.1, -0.05) is 48.4 Å². The number of hydrogen-bond donors (Lipinski definition) is 1. The first kappa shape index (κ1) is 39.2. The number of imide groups is 1. The number of amides is 3. The Morgan fingerprint density at radius 3 is 2.20 bits per heavy atom. The van der Waals surface area contributed by atoms with Gasteiger partial charge in [0.05, 0.1) is 52.6 Å². The Hall–Kier alpha value is -5.98. The molecule has 0 aliphatic carbocycles. The number of nitrogens with one attached hydrogen (secondary N) is 1. The van der Waals surface area contributed by atoms with E-state index in [-0.39, 0.29) is 45.5 Å². The number of unbranched alkanes of at least 4 members (excludes halogenated alkanes) is 3. The van der Waals surface area contributed by atoms with Gasteiger partial charge in [-0.15, -0.1) is 5.01 Å². The van der Waals surface area contributed by atoms with Gasteiger partial charge in [0.25, 0.3) is 21.8 Å². The maximum atomic E-state index is 13.5. The molecule has 3 amide bonds. The molecule has 1 unspecified atom stereocenters. The van der Waals surface area contributed by atoms with Crippen LogP contribution in [-0.4, -0.2) is 77.4 Å². The van der Waals surface area contributed by atoms with E-state index in [4.69, 9.17) is 9.57 Å². The first-order valence-corrected chi connectivity index (χ1v) is 18.1. The van der Waals surface area contributed by atoms with Crippen LogP contribution in [0.4, 0.5) is 18.0 Å². The molecule has 54 heavy (non-hydrogen) atoms. The molecule has 1 N–H and O–H groups in total. The van der Waals surface area contributed by atoms with Gasteiger partial charge in [-0.2, -0.15) is 18.3 Å². The summed E-state index contributed by atoms with van der Waals surface area (Å²) in [5, 5.41) is 20.7. The van der Waals surface area contributed by atoms with Crippen molar-refractivity contribution in [2.75, 3.05) is 20.2 Å². The molecule has 0 bridgehead atoms. The average Bonchev–Trinajstić information content (AvgIpc) is 3.70. The summed E-state index contributed by atoms with van der Waals surface area (Å²) in [6.45, 7) is 3.43. The monoisotopic (exact) mass is 771 g/mol. The Kier molecular flexibility index (Phi) is 11.9. The number of sulfonamides is 1. The summed E-state index contributed by atoms with van der Waals surface area (Å²) in [6, 6.07) is 18.8. The SMILES string of the molecule is Cc1ccc(-c2cc(C(F)(F)F)nn2-c2ccc(S(=O)(=O)NC(=O)OCCCCCCN(C)/[N+]([O-])=N/OC(C)N3C(=O)c4ccccc4C3=O)cc2)cc1. The number of alkyl halides is 3. The molecule has 286 valence electrons. The topological polar surface area (TPSA) is 179 Å². The predicted molar refractivity (Wildman–Crippen MR) is 185 cm³/mol. The van der Waals surface area contributed by atoms with Crippen molar-refractivity contribution in [1.82, 2.24) is 24.4 Å². The fraction of sp³-hybridized carbons (Fsp3) is 0.314. The number of carbonyl (C=O) groups excluding carboxylic acids is 3. The third kappa shape index (κ3) is 9.14. The van der Waals surface area contributed by atoms with Gasteiger partial charge in [-0.25, -0.2) is 27.5 Å². The lowest BCUT2D eigenvalue weighted by molar-refractivity contribution is -0.707. The molecule has 1 aromatic heterocycles. The Balaban J connectivity index is 1.03. The lowest BCUT2D eigenvalue weighted by atomic mass is 10.1. The molecule has 0 saturated heterocycles. The number of nitrogens with zero attached hydrogens (tertiary/aromatic N) is 6. The van der Waals surface area contributed by atoms with E-state index < -0.39 is 46.0 Å². The number of hydrogen-bond acceptors (Lipinski definition) is 10. The number of fused-ring (bicyclic) bond motifs is 1. The van der Waals surface area contributed by atoms with Gasteiger partial charge in [-0.05, 0) is 75.6 Å². The molecule has 2 heterocycles. The summed E-state index contributed by atoms with van der Waals surface area (Å²) in [4.78, 5) is 43.2. The van der Waals surface area contributed by atoms with E-state index in [1.807, 2.05) is 6.92 Å². The molecule has 0 radical (unpaired) electrons. The van der Waals surface area contributed by atoms with Crippen LogP contribution in [-0.2, 0) is 25.8 Å². The number of aromatic nitrogens is 2. The first-order chi connectivity index (χ1) is 25.6. The molecule has 19 heteroatoms. The standard InChI is InChI=1S/C35H36F3N7O8S/c1-23-12-14-25(15-13-23)30-22-31(35(36,37)38)39-44(30)26-16-18-27(19-17-26)54(50,51)40-34(48)52-21-9-5-4-8-20-42(3)45(49)41-53-24(2)43-32(46)28-10-6-7-11-29(28)33(43)47/h6-7,10-19,22,24H,4-5,8-9,20-21H2,1-3H3,(H,40,48)/b45-41-. The van der Waals surface area contributed by atoms with Crippen LogP contribution >= 0.6 is 0 Å². The highest BCUT2D eigenvalue weighted by Gasteiger charge is 2.40. The molecule has 1 atom stereocenters. The van der Waals surface area contributed by atoms with Crippen LogP contribution in [0.5, 0.6) is 0 Å². The van der Waals surface area contributed by atoms with Crippen molar-refractivity contribution in [3.05, 3.63) is 106 Å². The number of halogens is 3. The van der Waals surface area contributed by atoms with Crippen LogP contribution in [0.25, 0.3) is 16.9 Å². The second-order valence-electron chi connectivity index (χ2n) is 12.3. The smallest absolute Gasteiger partial charge is 0.435 e. The molecule has 0 fully saturated rings. The maximum absolute atomic E-state index is 13.5. The van der Waals surface area contributed by atoms with Crippen LogP contribution in [0.1, 0.15) is 64.6 Å². The van der Waals surface area contributed by atoms with Crippen LogP contribution in [0.2, 0.25) is 0 Å². The van der Waals surface area contributed by atoms with Gasteiger partial charge in [0.2, 0.25) is 11.5 Å². The van der Waals surface area contributed by atoms with Crippen LogP contribution in [0.3, 0.4) is 0 Å². The summed E-state index contributed by atoms with van der Waals surface area (Å²) < 4.78 is 74.0. The van der Waals surface area contributed by atoms with Crippen molar-refractivity contribution in [1.29, 1.82) is 0 Å². The van der Waals surface area contributed by atoms with Crippen LogP contribution in [0, 0.1) is 12.1 Å². The summed E-state index contributed by atoms with van der Waals surface area (Å²) in [7, 11) is -2.90. The van der Waals surface area contributed by atoms with Crippen molar-refractivity contribution in [3.8, 4) is 16.9 Å². The number of carbonyl (C=O) groups is 3. The van der Waals surface area contributed by atoms with E-state index in [0.717, 1.165) is 33.3 Å². The molecule has 0 spiro atoms. The fourth-order valence-corrected chi connectivity index (χ4v) is 6.30. The second-order valence-corrected chi connectivity index (χ2v) is 14.0. The normalized spacial score (nSPS) is 13.8. The summed E-state index contributed by atoms with van der Waals surface area (Å²) in [5.41, 5.74) is 1.05. The highest BCUT2D eigenvalue weighted by Crippen LogP contribution is 2.33. The fourth-order valence-electron chi connectivity index (χ4n) is 5.41. The van der Waals surface area contributed by atoms with Crippen molar-refractivity contribution in [2.45, 2.75) is 56.8 Å². The molecule has 15 nitrogen and oxygen atoms in total. The van der Waals surface area contributed by atoms with Gasteiger partial charge < -0.3 is 14.8 Å². The molecular weight excluding hydrogens is 735 g/mol. The van der Waals surface area contributed by atoms with Gasteiger partial charge >= 0.3 is 12.3 Å². The maximum Gasteiger partial charge on any atom is 0.435 e. The Labute approximate surface area is 308 Å². The summed E-state index contributed by atoms with van der Waals surface area (Å²) >= 11 is 0. The van der Waals surface area contributed by atoms with E-state index in [1.165, 1.54) is 43.2 Å². The minimum atomic E-state index is -4.71. The molecule has 4 aromatic rings. The molecule has 1 aliphatic rings. The van der Waals surface area contributed by atoms with Crippen molar-refractivity contribution < 1.29 is 50.5 Å². The molecule has 5 rings (SSSR count). The Morgan fingerprint density at radius 2 is 1.59 bits per heavy atom. The van der Waals surface area contributed by atoms with Crippen LogP contribution in [0.15, 0.2) is 89.0 Å². The average molecular weight is 772 g/mol. The lowest BCUT2D eigenvalue weighted by Crippen LogP contribution is -2.39. The highest BCUT2D eigenvalue weighted by atomic mass is 32.2. The number of benzene rings is 3. The number of ether oxygens (including phenoxy) is 1. The van der Waals surface area contributed by atoms with E-state index in [1.54, 1.807) is 41.1 Å². The summed E-state index contributed by atoms with van der Waals surface area (Å²) in [6.07, 6.45) is -4.92. The quantitative estimate of drug-likeness (QED) is 0.0479. The van der Waals surface area contributed by atoms with Gasteiger partial charge in [-0.3, -0.25) is 9.59 Å². The summed E-state index contributed by atoms with van der Waals surface area (Å²) in [5.74, 6) is -1.10. The zero-order valence-electron chi connectivity index (χ0n) is 29.3. The largest absolute Gasteiger partial charge is 0.569 e. The zero-order valence-corrected chi connectivity index (χ0v) is 30.1. The number of rotatable bonds is 15. The minimum absolute atomic E-state index is 0.0920. The van der Waals surface area contributed by atoms with E-state index >= 15 is 0 Å². The molecule has 3 aromatic carbocycles. The Morgan fingerprint density at radius 1 is 0.981 bits per heavy atom. The molecule has 1 aliphatic heterocycles. The highest BCUT2D eigenvalue weighted by molar-refractivity contribution is 7.90. The van der Waals surface area contributed by atoms with Crippen LogP contribution < -0.4 is 4.72 Å². The Bertz CT molecular complexity index is 2110. The van der Waals surface area contributed by atoms with Gasteiger partial charge in [0.1, 0.15) is 0 Å². The molecule has 0 saturated carbocycles. The van der Waals surface area contributed by atoms with Crippen molar-refractivity contribution >= 4 is 27.9 Å². The predicted octanol–water partition coefficient (Wildman–Crippen LogP) is 6.22. The van der Waals surface area contributed by atoms with E-state index in [0.29, 0.717) is 31.2 Å². The van der Waals surface area contributed by atoms with E-state index in [2.05, 4.69) is 10.4 Å².